The maximum Gasteiger partial charge on any atom is 0.334 e. The van der Waals surface area contributed by atoms with Crippen LogP contribution < -0.4 is 0 Å². The number of esters is 1. The minimum absolute atomic E-state index is 0.0496. The summed E-state index contributed by atoms with van der Waals surface area (Å²) in [6.45, 7) is 10.4. The zero-order valence-electron chi connectivity index (χ0n) is 21.6. The Morgan fingerprint density at radius 2 is 1.87 bits per heavy atom. The molecule has 0 aromatic rings. The molecule has 12 heteroatoms. The second kappa shape index (κ2) is 11.0. The van der Waals surface area contributed by atoms with E-state index in [4.69, 9.17) is 23.7 Å². The van der Waals surface area contributed by atoms with E-state index in [0.717, 1.165) is 5.57 Å². The van der Waals surface area contributed by atoms with Crippen LogP contribution in [0.5, 0.6) is 0 Å². The Hall–Kier alpha value is -1.71. The van der Waals surface area contributed by atoms with Gasteiger partial charge in [-0.2, -0.15) is 0 Å². The highest BCUT2D eigenvalue weighted by Crippen LogP contribution is 2.50. The molecule has 3 aliphatic heterocycles. The van der Waals surface area contributed by atoms with E-state index in [1.807, 2.05) is 13.0 Å². The Kier molecular flexibility index (Phi) is 8.51. The molecular weight excluding hydrogens is 504 g/mol. The van der Waals surface area contributed by atoms with Crippen LogP contribution in [0.1, 0.15) is 26.7 Å². The summed E-state index contributed by atoms with van der Waals surface area (Å²) < 4.78 is 27.6. The second-order valence-electron chi connectivity index (χ2n) is 10.9. The lowest BCUT2D eigenvalue weighted by molar-refractivity contribution is -0.308. The number of fused-ring (bicyclic) bond motifs is 1. The molecule has 11 atom stereocenters. The van der Waals surface area contributed by atoms with Gasteiger partial charge >= 0.3 is 5.97 Å². The van der Waals surface area contributed by atoms with Crippen LogP contribution in [0.2, 0.25) is 0 Å². The molecule has 3 fully saturated rings. The number of hydrogen-bond acceptors (Lipinski definition) is 12. The lowest BCUT2D eigenvalue weighted by Gasteiger charge is -2.44. The van der Waals surface area contributed by atoms with Gasteiger partial charge in [-0.05, 0) is 42.2 Å². The fourth-order valence-electron chi connectivity index (χ4n) is 5.55. The number of aliphatic hydroxyl groups is 6. The lowest BCUT2D eigenvalue weighted by Crippen LogP contribution is -2.59. The molecule has 1 aliphatic carbocycles. The monoisotopic (exact) mass is 542 g/mol. The summed E-state index contributed by atoms with van der Waals surface area (Å²) in [5.41, 5.74) is -0.130. The largest absolute Gasteiger partial charge is 0.454 e. The molecule has 0 spiro atoms. The molecule has 38 heavy (non-hydrogen) atoms. The predicted molar refractivity (Wildman–Crippen MR) is 129 cm³/mol. The summed E-state index contributed by atoms with van der Waals surface area (Å²) in [5, 5.41) is 60.8. The smallest absolute Gasteiger partial charge is 0.334 e. The van der Waals surface area contributed by atoms with E-state index >= 15 is 0 Å². The van der Waals surface area contributed by atoms with Crippen molar-refractivity contribution in [1.82, 2.24) is 0 Å². The van der Waals surface area contributed by atoms with Crippen LogP contribution in [0.25, 0.3) is 0 Å². The molecule has 0 radical (unpaired) electrons. The number of ether oxygens (including phenoxy) is 5. The van der Waals surface area contributed by atoms with Gasteiger partial charge in [-0.1, -0.05) is 19.6 Å². The zero-order valence-corrected chi connectivity index (χ0v) is 21.6. The number of carbonyl (C=O) groups is 1. The van der Waals surface area contributed by atoms with E-state index in [-0.39, 0.29) is 37.8 Å². The van der Waals surface area contributed by atoms with Gasteiger partial charge in [0, 0.05) is 5.57 Å². The van der Waals surface area contributed by atoms with Gasteiger partial charge in [0.1, 0.15) is 42.2 Å². The second-order valence-corrected chi connectivity index (χ2v) is 10.9. The van der Waals surface area contributed by atoms with E-state index in [1.165, 1.54) is 0 Å². The van der Waals surface area contributed by atoms with Crippen molar-refractivity contribution in [2.24, 2.45) is 11.3 Å². The van der Waals surface area contributed by atoms with Gasteiger partial charge < -0.3 is 54.3 Å². The zero-order chi connectivity index (χ0) is 28.0. The number of aliphatic hydroxyl groups excluding tert-OH is 5. The van der Waals surface area contributed by atoms with Crippen LogP contribution >= 0.6 is 0 Å². The molecule has 4 aliphatic rings. The molecule has 0 aromatic carbocycles. The van der Waals surface area contributed by atoms with Crippen molar-refractivity contribution >= 4 is 5.97 Å². The van der Waals surface area contributed by atoms with E-state index in [9.17, 15) is 35.4 Å². The molecule has 3 heterocycles. The Morgan fingerprint density at radius 3 is 2.50 bits per heavy atom. The fourth-order valence-corrected chi connectivity index (χ4v) is 5.55. The molecule has 6 N–H and O–H groups in total. The Labute approximate surface area is 220 Å². The average Bonchev–Trinajstić information content (AvgIpc) is 3.34. The molecule has 214 valence electrons. The predicted octanol–water partition coefficient (Wildman–Crippen LogP) is -1.33. The summed E-state index contributed by atoms with van der Waals surface area (Å²) in [6, 6.07) is 0. The Morgan fingerprint density at radius 1 is 1.16 bits per heavy atom. The van der Waals surface area contributed by atoms with Gasteiger partial charge in [-0.3, -0.25) is 0 Å². The SMILES string of the molecule is C=C[C@]1(C)C[C@@H]2OC(=O)C(C)=C2C[C@H]1C(=C)CO[C@@H]1O[C@H](CO[C@@H]2OC[C@](O)(CO)[C@H]2O)[C@H](O)[C@H](O)[C@H]1O. The third-order valence-corrected chi connectivity index (χ3v) is 8.34. The van der Waals surface area contributed by atoms with Crippen LogP contribution in [-0.2, 0) is 28.5 Å². The minimum atomic E-state index is -1.88. The Bertz CT molecular complexity index is 966. The Balaban J connectivity index is 1.38. The van der Waals surface area contributed by atoms with Gasteiger partial charge in [0.15, 0.2) is 12.6 Å². The molecule has 4 rings (SSSR count). The minimum Gasteiger partial charge on any atom is -0.454 e. The fraction of sp³-hybridized carbons (Fsp3) is 0.731. The number of hydrogen-bond donors (Lipinski definition) is 6. The van der Waals surface area contributed by atoms with Crippen LogP contribution in [0.4, 0.5) is 0 Å². The lowest BCUT2D eigenvalue weighted by atomic mass is 9.62. The maximum absolute atomic E-state index is 12.1. The quantitative estimate of drug-likeness (QED) is 0.149. The van der Waals surface area contributed by atoms with Crippen LogP contribution in [0.3, 0.4) is 0 Å². The molecular formula is C26H38O12. The molecule has 0 unspecified atom stereocenters. The highest BCUT2D eigenvalue weighted by atomic mass is 16.7. The standard InChI is InChI=1S/C26H38O12/c1-5-25(4)7-16-14(13(3)22(32)37-16)6-15(25)12(2)8-34-23-20(30)19(29)18(28)17(38-23)9-35-24-21(31)26(33,10-27)11-36-24/h5,15-21,23-24,27-31,33H,1-2,6-11H2,3-4H3/t15-,16-,17+,18-,19-,20+,21-,23+,24+,25+,26+/m0/s1. The van der Waals surface area contributed by atoms with E-state index in [1.54, 1.807) is 6.92 Å². The van der Waals surface area contributed by atoms with E-state index < -0.39 is 60.7 Å². The number of allylic oxidation sites excluding steroid dienone is 1. The summed E-state index contributed by atoms with van der Waals surface area (Å²) in [5.74, 6) is -0.465. The van der Waals surface area contributed by atoms with Crippen LogP contribution in [-0.4, -0.2) is 118 Å². The highest BCUT2D eigenvalue weighted by Gasteiger charge is 2.51. The number of rotatable bonds is 9. The molecule has 1 saturated carbocycles. The van der Waals surface area contributed by atoms with Crippen molar-refractivity contribution in [3.8, 4) is 0 Å². The van der Waals surface area contributed by atoms with Crippen molar-refractivity contribution in [2.75, 3.05) is 26.4 Å². The van der Waals surface area contributed by atoms with Gasteiger partial charge in [0.25, 0.3) is 0 Å². The van der Waals surface area contributed by atoms with E-state index in [2.05, 4.69) is 13.2 Å². The van der Waals surface area contributed by atoms with E-state index in [0.29, 0.717) is 24.0 Å². The van der Waals surface area contributed by atoms with Gasteiger partial charge in [-0.15, -0.1) is 6.58 Å². The first-order valence-corrected chi connectivity index (χ1v) is 12.6. The number of carbonyl (C=O) groups excluding carboxylic acids is 1. The van der Waals surface area contributed by atoms with Crippen molar-refractivity contribution in [1.29, 1.82) is 0 Å². The summed E-state index contributed by atoms with van der Waals surface area (Å²) in [6.07, 6.45) is -7.51. The first kappa shape index (κ1) is 29.3. The van der Waals surface area contributed by atoms with Crippen molar-refractivity contribution < 1.29 is 59.1 Å². The first-order valence-electron chi connectivity index (χ1n) is 12.6. The summed E-state index contributed by atoms with van der Waals surface area (Å²) in [4.78, 5) is 12.1. The summed E-state index contributed by atoms with van der Waals surface area (Å²) >= 11 is 0. The third-order valence-electron chi connectivity index (χ3n) is 8.34. The maximum atomic E-state index is 12.1. The highest BCUT2D eigenvalue weighted by molar-refractivity contribution is 5.91. The third kappa shape index (κ3) is 5.22. The van der Waals surface area contributed by atoms with Crippen molar-refractivity contribution in [3.63, 3.8) is 0 Å². The average molecular weight is 543 g/mol. The van der Waals surface area contributed by atoms with Gasteiger partial charge in [0.05, 0.1) is 26.4 Å². The van der Waals surface area contributed by atoms with Gasteiger partial charge in [-0.25, -0.2) is 4.79 Å². The van der Waals surface area contributed by atoms with Crippen LogP contribution in [0.15, 0.2) is 36.0 Å². The van der Waals surface area contributed by atoms with Crippen molar-refractivity contribution in [3.05, 3.63) is 36.0 Å². The topological polar surface area (TPSA) is 185 Å². The molecule has 2 saturated heterocycles. The molecule has 12 nitrogen and oxygen atoms in total. The van der Waals surface area contributed by atoms with Crippen molar-refractivity contribution in [2.45, 2.75) is 81.5 Å². The van der Waals surface area contributed by atoms with Crippen LogP contribution in [0, 0.1) is 11.3 Å². The molecule has 0 bridgehead atoms. The first-order chi connectivity index (χ1) is 17.8. The molecule has 0 amide bonds. The molecule has 0 aromatic heterocycles. The van der Waals surface area contributed by atoms with Gasteiger partial charge in [0.2, 0.25) is 0 Å². The summed E-state index contributed by atoms with van der Waals surface area (Å²) in [7, 11) is 0. The normalized spacial score (nSPS) is 45.2.